The van der Waals surface area contributed by atoms with E-state index in [2.05, 4.69) is 0 Å². The number of sulfonamides is 1. The van der Waals surface area contributed by atoms with E-state index >= 15 is 0 Å². The zero-order chi connectivity index (χ0) is 13.8. The van der Waals surface area contributed by atoms with Crippen molar-refractivity contribution in [3.05, 3.63) is 23.8 Å². The van der Waals surface area contributed by atoms with Crippen molar-refractivity contribution < 1.29 is 8.42 Å². The fraction of sp³-hybridized carbons (Fsp3) is 0.538. The van der Waals surface area contributed by atoms with Crippen LogP contribution in [-0.2, 0) is 10.0 Å². The Kier molecular flexibility index (Phi) is 5.16. The van der Waals surface area contributed by atoms with Gasteiger partial charge in [0.2, 0.25) is 10.0 Å². The molecule has 2 N–H and O–H groups in total. The summed E-state index contributed by atoms with van der Waals surface area (Å²) in [5, 5.41) is 0. The number of aryl methyl sites for hydroxylation is 1. The summed E-state index contributed by atoms with van der Waals surface area (Å²) in [6.07, 6.45) is 1.63. The van der Waals surface area contributed by atoms with Crippen molar-refractivity contribution in [1.29, 1.82) is 0 Å². The normalized spacial score (nSPS) is 12.0. The van der Waals surface area contributed by atoms with Crippen molar-refractivity contribution in [3.8, 4) is 0 Å². The van der Waals surface area contributed by atoms with Crippen molar-refractivity contribution >= 4 is 15.7 Å². The molecule has 1 rings (SSSR count). The molecular weight excluding hydrogens is 248 g/mol. The standard InChI is InChI=1S/C13H22N2O2S/c1-4-8-15(9-5-2)18(16,17)13-7-6-12(14)10-11(13)3/h6-7,10H,4-5,8-9,14H2,1-3H3. The number of hydrogen-bond acceptors (Lipinski definition) is 3. The minimum atomic E-state index is -3.40. The molecule has 0 fully saturated rings. The number of nitrogens with zero attached hydrogens (tertiary/aromatic N) is 1. The van der Waals surface area contributed by atoms with Crippen molar-refractivity contribution in [2.45, 2.75) is 38.5 Å². The van der Waals surface area contributed by atoms with Gasteiger partial charge in [0.1, 0.15) is 0 Å². The summed E-state index contributed by atoms with van der Waals surface area (Å²) in [6, 6.07) is 4.93. The highest BCUT2D eigenvalue weighted by atomic mass is 32.2. The third kappa shape index (κ3) is 3.23. The van der Waals surface area contributed by atoms with Crippen molar-refractivity contribution in [2.75, 3.05) is 18.8 Å². The van der Waals surface area contributed by atoms with E-state index in [0.717, 1.165) is 12.8 Å². The second-order valence-electron chi connectivity index (χ2n) is 4.43. The second-order valence-corrected chi connectivity index (χ2v) is 6.34. The van der Waals surface area contributed by atoms with Crippen LogP contribution in [0, 0.1) is 6.92 Å². The predicted molar refractivity (Wildman–Crippen MR) is 74.9 cm³/mol. The maximum absolute atomic E-state index is 12.5. The first-order valence-electron chi connectivity index (χ1n) is 6.29. The van der Waals surface area contributed by atoms with Crippen LogP contribution in [0.15, 0.2) is 23.1 Å². The van der Waals surface area contributed by atoms with Crippen LogP contribution in [0.4, 0.5) is 5.69 Å². The van der Waals surface area contributed by atoms with Gasteiger partial charge in [0, 0.05) is 18.8 Å². The Morgan fingerprint density at radius 1 is 1.17 bits per heavy atom. The summed E-state index contributed by atoms with van der Waals surface area (Å²) in [4.78, 5) is 0.360. The monoisotopic (exact) mass is 270 g/mol. The average molecular weight is 270 g/mol. The van der Waals surface area contributed by atoms with Crippen LogP contribution >= 0.6 is 0 Å². The lowest BCUT2D eigenvalue weighted by Crippen LogP contribution is -2.33. The Hall–Kier alpha value is -1.07. The lowest BCUT2D eigenvalue weighted by molar-refractivity contribution is 0.409. The molecule has 102 valence electrons. The summed E-state index contributed by atoms with van der Waals surface area (Å²) < 4.78 is 26.6. The van der Waals surface area contributed by atoms with Gasteiger partial charge in [0.15, 0.2) is 0 Å². The van der Waals surface area contributed by atoms with Crippen molar-refractivity contribution in [1.82, 2.24) is 4.31 Å². The highest BCUT2D eigenvalue weighted by Gasteiger charge is 2.24. The minimum Gasteiger partial charge on any atom is -0.399 e. The molecule has 0 atom stereocenters. The molecule has 1 aromatic carbocycles. The largest absolute Gasteiger partial charge is 0.399 e. The van der Waals surface area contributed by atoms with E-state index in [9.17, 15) is 8.42 Å². The molecular formula is C13H22N2O2S. The molecule has 0 aromatic heterocycles. The number of nitrogens with two attached hydrogens (primary N) is 1. The first-order valence-corrected chi connectivity index (χ1v) is 7.73. The van der Waals surface area contributed by atoms with Gasteiger partial charge in [0.05, 0.1) is 4.90 Å². The third-order valence-electron chi connectivity index (χ3n) is 2.76. The maximum atomic E-state index is 12.5. The van der Waals surface area contributed by atoms with Gasteiger partial charge in [-0.1, -0.05) is 13.8 Å². The molecule has 0 aliphatic rings. The smallest absolute Gasteiger partial charge is 0.243 e. The molecule has 0 saturated carbocycles. The second kappa shape index (κ2) is 6.20. The first kappa shape index (κ1) is 15.0. The van der Waals surface area contributed by atoms with Crippen LogP contribution in [0.25, 0.3) is 0 Å². The average Bonchev–Trinajstić information content (AvgIpc) is 2.28. The van der Waals surface area contributed by atoms with E-state index in [0.29, 0.717) is 29.2 Å². The Balaban J connectivity index is 3.17. The summed E-state index contributed by atoms with van der Waals surface area (Å²) in [5.41, 5.74) is 6.94. The van der Waals surface area contributed by atoms with E-state index < -0.39 is 10.0 Å². The Morgan fingerprint density at radius 3 is 2.17 bits per heavy atom. The molecule has 0 aliphatic heterocycles. The van der Waals surface area contributed by atoms with Gasteiger partial charge in [-0.05, 0) is 43.5 Å². The molecule has 5 heteroatoms. The van der Waals surface area contributed by atoms with Gasteiger partial charge in [-0.15, -0.1) is 0 Å². The zero-order valence-corrected chi connectivity index (χ0v) is 12.1. The van der Waals surface area contributed by atoms with Gasteiger partial charge >= 0.3 is 0 Å². The number of nitrogen functional groups attached to an aromatic ring is 1. The Morgan fingerprint density at radius 2 is 1.72 bits per heavy atom. The fourth-order valence-corrected chi connectivity index (χ4v) is 3.78. The van der Waals surface area contributed by atoms with Gasteiger partial charge < -0.3 is 5.73 Å². The molecule has 0 amide bonds. The maximum Gasteiger partial charge on any atom is 0.243 e. The molecule has 0 radical (unpaired) electrons. The van der Waals surface area contributed by atoms with Crippen LogP contribution in [0.5, 0.6) is 0 Å². The number of rotatable bonds is 6. The number of hydrogen-bond donors (Lipinski definition) is 1. The summed E-state index contributed by atoms with van der Waals surface area (Å²) in [7, 11) is -3.40. The lowest BCUT2D eigenvalue weighted by Gasteiger charge is -2.22. The Bertz CT molecular complexity index is 492. The molecule has 0 heterocycles. The van der Waals surface area contributed by atoms with E-state index in [1.165, 1.54) is 0 Å². The highest BCUT2D eigenvalue weighted by molar-refractivity contribution is 7.89. The minimum absolute atomic E-state index is 0.360. The molecule has 0 saturated heterocycles. The van der Waals surface area contributed by atoms with Gasteiger partial charge in [0.25, 0.3) is 0 Å². The van der Waals surface area contributed by atoms with Crippen LogP contribution in [-0.4, -0.2) is 25.8 Å². The van der Waals surface area contributed by atoms with Crippen LogP contribution in [0.1, 0.15) is 32.3 Å². The summed E-state index contributed by atoms with van der Waals surface area (Å²) >= 11 is 0. The summed E-state index contributed by atoms with van der Waals surface area (Å²) in [6.45, 7) is 6.85. The van der Waals surface area contributed by atoms with Crippen molar-refractivity contribution in [3.63, 3.8) is 0 Å². The molecule has 0 unspecified atom stereocenters. The predicted octanol–water partition coefficient (Wildman–Crippen LogP) is 2.39. The van der Waals surface area contributed by atoms with Crippen molar-refractivity contribution in [2.24, 2.45) is 0 Å². The SMILES string of the molecule is CCCN(CCC)S(=O)(=O)c1ccc(N)cc1C. The Labute approximate surface area is 110 Å². The van der Waals surface area contributed by atoms with E-state index in [4.69, 9.17) is 5.73 Å². The topological polar surface area (TPSA) is 63.4 Å². The van der Waals surface area contributed by atoms with Gasteiger partial charge in [-0.3, -0.25) is 0 Å². The number of anilines is 1. The fourth-order valence-electron chi connectivity index (χ4n) is 1.95. The van der Waals surface area contributed by atoms with E-state index in [-0.39, 0.29) is 0 Å². The van der Waals surface area contributed by atoms with E-state index in [1.807, 2.05) is 13.8 Å². The van der Waals surface area contributed by atoms with Crippen LogP contribution < -0.4 is 5.73 Å². The molecule has 18 heavy (non-hydrogen) atoms. The van der Waals surface area contributed by atoms with E-state index in [1.54, 1.807) is 29.4 Å². The third-order valence-corrected chi connectivity index (χ3v) is 4.82. The zero-order valence-electron chi connectivity index (χ0n) is 11.3. The number of benzene rings is 1. The molecule has 0 spiro atoms. The molecule has 4 nitrogen and oxygen atoms in total. The summed E-state index contributed by atoms with van der Waals surface area (Å²) in [5.74, 6) is 0. The first-order chi connectivity index (χ1) is 8.43. The van der Waals surface area contributed by atoms with Gasteiger partial charge in [-0.2, -0.15) is 4.31 Å². The molecule has 0 aliphatic carbocycles. The van der Waals surface area contributed by atoms with Crippen LogP contribution in [0.3, 0.4) is 0 Å². The molecule has 1 aromatic rings. The lowest BCUT2D eigenvalue weighted by atomic mass is 10.2. The van der Waals surface area contributed by atoms with Gasteiger partial charge in [-0.25, -0.2) is 8.42 Å². The van der Waals surface area contributed by atoms with Crippen LogP contribution in [0.2, 0.25) is 0 Å². The quantitative estimate of drug-likeness (QED) is 0.807. The highest BCUT2D eigenvalue weighted by Crippen LogP contribution is 2.22. The molecule has 0 bridgehead atoms.